The monoisotopic (exact) mass is 426 g/mol. The second-order valence-electron chi connectivity index (χ2n) is 7.82. The van der Waals surface area contributed by atoms with Crippen LogP contribution in [-0.2, 0) is 16.4 Å². The molecule has 0 unspecified atom stereocenters. The zero-order chi connectivity index (χ0) is 21.1. The van der Waals surface area contributed by atoms with Crippen molar-refractivity contribution in [3.8, 4) is 0 Å². The number of rotatable bonds is 6. The van der Waals surface area contributed by atoms with Crippen LogP contribution in [0.2, 0.25) is 0 Å². The Hall–Kier alpha value is -2.71. The molecule has 1 aliphatic heterocycles. The van der Waals surface area contributed by atoms with E-state index in [1.807, 2.05) is 24.3 Å². The summed E-state index contributed by atoms with van der Waals surface area (Å²) in [5.74, 6) is 1.14. The van der Waals surface area contributed by atoms with E-state index in [9.17, 15) is 13.2 Å². The Bertz CT molecular complexity index is 1100. The number of aromatic amines is 1. The first-order valence-electron chi connectivity index (χ1n) is 10.3. The molecule has 0 saturated carbocycles. The van der Waals surface area contributed by atoms with Crippen molar-refractivity contribution >= 4 is 27.0 Å². The number of hydrogen-bond acceptors (Lipinski definition) is 4. The number of carbonyl (C=O) groups is 1. The van der Waals surface area contributed by atoms with Crippen LogP contribution in [-0.4, -0.2) is 48.2 Å². The van der Waals surface area contributed by atoms with Crippen molar-refractivity contribution < 1.29 is 13.2 Å². The van der Waals surface area contributed by atoms with Gasteiger partial charge in [0.2, 0.25) is 10.0 Å². The van der Waals surface area contributed by atoms with Gasteiger partial charge >= 0.3 is 0 Å². The summed E-state index contributed by atoms with van der Waals surface area (Å²) in [6.07, 6.45) is 2.34. The Balaban J connectivity index is 1.34. The zero-order valence-electron chi connectivity index (χ0n) is 17.0. The van der Waals surface area contributed by atoms with Crippen molar-refractivity contribution in [3.63, 3.8) is 0 Å². The lowest BCUT2D eigenvalue weighted by Gasteiger charge is -2.29. The minimum Gasteiger partial charge on any atom is -0.352 e. The molecule has 0 aliphatic carbocycles. The topological polar surface area (TPSA) is 95.2 Å². The Kier molecular flexibility index (Phi) is 5.87. The molecular weight excluding hydrogens is 400 g/mol. The van der Waals surface area contributed by atoms with Gasteiger partial charge in [0.15, 0.2) is 0 Å². The van der Waals surface area contributed by atoms with Crippen molar-refractivity contribution in [2.24, 2.45) is 5.92 Å². The van der Waals surface area contributed by atoms with Gasteiger partial charge in [0, 0.05) is 31.6 Å². The summed E-state index contributed by atoms with van der Waals surface area (Å²) in [6.45, 7) is 3.68. The molecular formula is C22H26N4O3S. The third-order valence-corrected chi connectivity index (χ3v) is 7.50. The molecule has 30 heavy (non-hydrogen) atoms. The lowest BCUT2D eigenvalue weighted by molar-refractivity contribution is 0.0954. The number of nitrogens with one attached hydrogen (secondary N) is 2. The molecule has 2 aromatic carbocycles. The number of carbonyl (C=O) groups excluding carboxylic acids is 1. The van der Waals surface area contributed by atoms with Gasteiger partial charge in [-0.2, -0.15) is 4.31 Å². The van der Waals surface area contributed by atoms with E-state index in [0.29, 0.717) is 37.5 Å². The third-order valence-electron chi connectivity index (χ3n) is 5.58. The molecule has 0 bridgehead atoms. The van der Waals surface area contributed by atoms with E-state index in [0.717, 1.165) is 29.7 Å². The molecule has 8 heteroatoms. The first kappa shape index (κ1) is 20.6. The van der Waals surface area contributed by atoms with Crippen molar-refractivity contribution in [1.82, 2.24) is 19.6 Å². The number of nitrogens with zero attached hydrogens (tertiary/aromatic N) is 2. The van der Waals surface area contributed by atoms with Crippen LogP contribution in [0.4, 0.5) is 0 Å². The average molecular weight is 427 g/mol. The standard InChI is InChI=1S/C22H26N4O3S/c1-16-11-14-26(15-12-16)30(28,29)18-8-6-17(7-9-18)22(27)23-13-10-21-24-19-4-2-3-5-20(19)25-21/h2-9,16H,10-15H2,1H3,(H,23,27)(H,24,25). The highest BCUT2D eigenvalue weighted by atomic mass is 32.2. The number of H-pyrrole nitrogens is 1. The van der Waals surface area contributed by atoms with Crippen LogP contribution in [0, 0.1) is 5.92 Å². The second-order valence-corrected chi connectivity index (χ2v) is 9.76. The maximum Gasteiger partial charge on any atom is 0.251 e. The summed E-state index contributed by atoms with van der Waals surface area (Å²) in [7, 11) is -3.50. The Labute approximate surface area is 176 Å². The predicted octanol–water partition coefficient (Wildman–Crippen LogP) is 2.96. The Morgan fingerprint density at radius 2 is 1.83 bits per heavy atom. The van der Waals surface area contributed by atoms with Gasteiger partial charge in [-0.1, -0.05) is 19.1 Å². The molecule has 3 aromatic rings. The Morgan fingerprint density at radius 3 is 2.53 bits per heavy atom. The van der Waals surface area contributed by atoms with Gasteiger partial charge < -0.3 is 10.3 Å². The van der Waals surface area contributed by atoms with Gasteiger partial charge in [-0.25, -0.2) is 13.4 Å². The van der Waals surface area contributed by atoms with E-state index in [1.165, 1.54) is 16.4 Å². The molecule has 158 valence electrons. The first-order chi connectivity index (χ1) is 14.4. The number of para-hydroxylation sites is 2. The average Bonchev–Trinajstić information content (AvgIpc) is 3.17. The highest BCUT2D eigenvalue weighted by Crippen LogP contribution is 2.23. The molecule has 1 fully saturated rings. The fraction of sp³-hybridized carbons (Fsp3) is 0.364. The maximum atomic E-state index is 12.8. The number of sulfonamides is 1. The van der Waals surface area contributed by atoms with Gasteiger partial charge in [0.05, 0.1) is 15.9 Å². The maximum absolute atomic E-state index is 12.8. The first-order valence-corrected chi connectivity index (χ1v) is 11.7. The molecule has 0 atom stereocenters. The number of hydrogen-bond donors (Lipinski definition) is 2. The van der Waals surface area contributed by atoms with Crippen LogP contribution in [0.1, 0.15) is 35.9 Å². The minimum atomic E-state index is -3.50. The summed E-state index contributed by atoms with van der Waals surface area (Å²) < 4.78 is 27.1. The van der Waals surface area contributed by atoms with E-state index in [4.69, 9.17) is 0 Å². The largest absolute Gasteiger partial charge is 0.352 e. The normalized spacial score (nSPS) is 16.0. The van der Waals surface area contributed by atoms with E-state index < -0.39 is 10.0 Å². The zero-order valence-corrected chi connectivity index (χ0v) is 17.8. The van der Waals surface area contributed by atoms with Gasteiger partial charge in [-0.05, 0) is 55.2 Å². The number of fused-ring (bicyclic) bond motifs is 1. The van der Waals surface area contributed by atoms with Gasteiger partial charge in [-0.3, -0.25) is 4.79 Å². The SMILES string of the molecule is CC1CCN(S(=O)(=O)c2ccc(C(=O)NCCc3nc4ccccc4[nH]3)cc2)CC1. The number of piperidine rings is 1. The molecule has 0 spiro atoms. The number of aromatic nitrogens is 2. The molecule has 2 heterocycles. The van der Waals surface area contributed by atoms with Crippen molar-refractivity contribution in [2.75, 3.05) is 19.6 Å². The van der Waals surface area contributed by atoms with Crippen LogP contribution >= 0.6 is 0 Å². The van der Waals surface area contributed by atoms with Crippen molar-refractivity contribution in [1.29, 1.82) is 0 Å². The van der Waals surface area contributed by atoms with E-state index in [-0.39, 0.29) is 10.8 Å². The fourth-order valence-electron chi connectivity index (χ4n) is 3.67. The van der Waals surface area contributed by atoms with Crippen LogP contribution in [0.25, 0.3) is 11.0 Å². The summed E-state index contributed by atoms with van der Waals surface area (Å²) >= 11 is 0. The molecule has 1 aromatic heterocycles. The summed E-state index contributed by atoms with van der Waals surface area (Å²) in [5.41, 5.74) is 2.31. The number of imidazole rings is 1. The molecule has 0 radical (unpaired) electrons. The summed E-state index contributed by atoms with van der Waals surface area (Å²) in [4.78, 5) is 20.4. The summed E-state index contributed by atoms with van der Waals surface area (Å²) in [6, 6.07) is 13.9. The van der Waals surface area contributed by atoms with E-state index in [1.54, 1.807) is 12.1 Å². The number of benzene rings is 2. The molecule has 2 N–H and O–H groups in total. The lowest BCUT2D eigenvalue weighted by atomic mass is 10.0. The lowest BCUT2D eigenvalue weighted by Crippen LogP contribution is -2.37. The van der Waals surface area contributed by atoms with Gasteiger partial charge in [0.1, 0.15) is 5.82 Å². The predicted molar refractivity (Wildman–Crippen MR) is 116 cm³/mol. The van der Waals surface area contributed by atoms with E-state index in [2.05, 4.69) is 22.2 Å². The quantitative estimate of drug-likeness (QED) is 0.634. The molecule has 1 amide bonds. The van der Waals surface area contributed by atoms with Crippen LogP contribution in [0.15, 0.2) is 53.4 Å². The highest BCUT2D eigenvalue weighted by molar-refractivity contribution is 7.89. The van der Waals surface area contributed by atoms with Crippen LogP contribution in [0.5, 0.6) is 0 Å². The third kappa shape index (κ3) is 4.39. The highest BCUT2D eigenvalue weighted by Gasteiger charge is 2.28. The molecule has 7 nitrogen and oxygen atoms in total. The van der Waals surface area contributed by atoms with Gasteiger partial charge in [0.25, 0.3) is 5.91 Å². The second kappa shape index (κ2) is 8.57. The van der Waals surface area contributed by atoms with Crippen LogP contribution in [0.3, 0.4) is 0 Å². The van der Waals surface area contributed by atoms with E-state index >= 15 is 0 Å². The smallest absolute Gasteiger partial charge is 0.251 e. The van der Waals surface area contributed by atoms with Gasteiger partial charge in [-0.15, -0.1) is 0 Å². The molecule has 1 aliphatic rings. The molecule has 1 saturated heterocycles. The molecule has 4 rings (SSSR count). The number of amides is 1. The minimum absolute atomic E-state index is 0.232. The Morgan fingerprint density at radius 1 is 1.13 bits per heavy atom. The fourth-order valence-corrected chi connectivity index (χ4v) is 5.14. The van der Waals surface area contributed by atoms with Crippen LogP contribution < -0.4 is 5.32 Å². The summed E-state index contributed by atoms with van der Waals surface area (Å²) in [5, 5.41) is 2.86. The van der Waals surface area contributed by atoms with Crippen molar-refractivity contribution in [2.45, 2.75) is 31.1 Å². The van der Waals surface area contributed by atoms with Crippen molar-refractivity contribution in [3.05, 3.63) is 59.9 Å².